The molecule has 1 aromatic heterocycles. The van der Waals surface area contributed by atoms with Crippen molar-refractivity contribution in [3.05, 3.63) is 59.6 Å². The van der Waals surface area contributed by atoms with Crippen LogP contribution in [-0.4, -0.2) is 39.7 Å². The van der Waals surface area contributed by atoms with Gasteiger partial charge in [-0.1, -0.05) is 30.3 Å². The number of carboxylic acids is 1. The SMILES string of the molecule is Cc1nc(/C=C/C(=O)O)cnc1N[C@]1(Cc2ccccc2)CCNC1. The lowest BCUT2D eigenvalue weighted by atomic mass is 9.89. The number of rotatable bonds is 6. The Morgan fingerprint density at radius 3 is 2.84 bits per heavy atom. The molecule has 0 saturated carbocycles. The Balaban J connectivity index is 1.79. The molecule has 1 aliphatic heterocycles. The van der Waals surface area contributed by atoms with E-state index in [-0.39, 0.29) is 5.54 Å². The van der Waals surface area contributed by atoms with Gasteiger partial charge >= 0.3 is 5.97 Å². The number of aliphatic carboxylic acids is 1. The maximum absolute atomic E-state index is 10.6. The van der Waals surface area contributed by atoms with E-state index in [2.05, 4.69) is 44.9 Å². The molecule has 2 aromatic rings. The quantitative estimate of drug-likeness (QED) is 0.701. The van der Waals surface area contributed by atoms with Crippen molar-refractivity contribution in [3.63, 3.8) is 0 Å². The Morgan fingerprint density at radius 1 is 1.40 bits per heavy atom. The predicted octanol–water partition coefficient (Wildman–Crippen LogP) is 2.27. The molecular weight excluding hydrogens is 316 g/mol. The summed E-state index contributed by atoms with van der Waals surface area (Å²) in [5, 5.41) is 15.7. The van der Waals surface area contributed by atoms with E-state index in [1.165, 1.54) is 11.6 Å². The van der Waals surface area contributed by atoms with Crippen LogP contribution in [0.1, 0.15) is 23.4 Å². The minimum absolute atomic E-state index is 0.0980. The zero-order valence-corrected chi connectivity index (χ0v) is 14.2. The third kappa shape index (κ3) is 4.42. The van der Waals surface area contributed by atoms with E-state index in [0.29, 0.717) is 5.69 Å². The minimum Gasteiger partial charge on any atom is -0.478 e. The first kappa shape index (κ1) is 17.1. The lowest BCUT2D eigenvalue weighted by Crippen LogP contribution is -2.43. The normalized spacial score (nSPS) is 20.0. The van der Waals surface area contributed by atoms with Crippen LogP contribution in [0, 0.1) is 6.92 Å². The highest BCUT2D eigenvalue weighted by molar-refractivity contribution is 5.84. The molecule has 0 amide bonds. The van der Waals surface area contributed by atoms with E-state index in [1.807, 2.05) is 13.0 Å². The first-order valence-electron chi connectivity index (χ1n) is 8.34. The lowest BCUT2D eigenvalue weighted by Gasteiger charge is -2.31. The van der Waals surface area contributed by atoms with Crippen molar-refractivity contribution < 1.29 is 9.90 Å². The second kappa shape index (κ2) is 7.44. The molecule has 6 nitrogen and oxygen atoms in total. The number of nitrogens with zero attached hydrogens (tertiary/aromatic N) is 2. The van der Waals surface area contributed by atoms with Crippen LogP contribution in [0.2, 0.25) is 0 Å². The Morgan fingerprint density at radius 2 is 2.20 bits per heavy atom. The van der Waals surface area contributed by atoms with Crippen LogP contribution in [0.15, 0.2) is 42.6 Å². The highest BCUT2D eigenvalue weighted by Crippen LogP contribution is 2.26. The molecule has 1 aliphatic rings. The number of hydrogen-bond acceptors (Lipinski definition) is 5. The number of carboxylic acid groups (broad SMARTS) is 1. The summed E-state index contributed by atoms with van der Waals surface area (Å²) in [7, 11) is 0. The van der Waals surface area contributed by atoms with Crippen LogP contribution < -0.4 is 10.6 Å². The number of aromatic nitrogens is 2. The van der Waals surface area contributed by atoms with E-state index in [0.717, 1.165) is 43.5 Å². The van der Waals surface area contributed by atoms with E-state index in [1.54, 1.807) is 6.20 Å². The van der Waals surface area contributed by atoms with Crippen molar-refractivity contribution in [2.24, 2.45) is 0 Å². The first-order valence-corrected chi connectivity index (χ1v) is 8.34. The highest BCUT2D eigenvalue weighted by Gasteiger charge is 2.34. The number of nitrogens with one attached hydrogen (secondary N) is 2. The second-order valence-corrected chi connectivity index (χ2v) is 6.39. The van der Waals surface area contributed by atoms with Crippen LogP contribution in [0.5, 0.6) is 0 Å². The maximum Gasteiger partial charge on any atom is 0.328 e. The fourth-order valence-corrected chi connectivity index (χ4v) is 3.14. The van der Waals surface area contributed by atoms with Gasteiger partial charge in [-0.2, -0.15) is 0 Å². The summed E-state index contributed by atoms with van der Waals surface area (Å²) in [6, 6.07) is 10.4. The highest BCUT2D eigenvalue weighted by atomic mass is 16.4. The second-order valence-electron chi connectivity index (χ2n) is 6.39. The molecule has 1 fully saturated rings. The third-order valence-corrected chi connectivity index (χ3v) is 4.37. The molecule has 0 aliphatic carbocycles. The predicted molar refractivity (Wildman–Crippen MR) is 97.4 cm³/mol. The Bertz CT molecular complexity index is 768. The molecule has 3 N–H and O–H groups in total. The summed E-state index contributed by atoms with van der Waals surface area (Å²) >= 11 is 0. The molecule has 6 heteroatoms. The molecule has 1 atom stereocenters. The van der Waals surface area contributed by atoms with Crippen LogP contribution in [-0.2, 0) is 11.2 Å². The van der Waals surface area contributed by atoms with E-state index >= 15 is 0 Å². The fraction of sp³-hybridized carbons (Fsp3) is 0.316. The average molecular weight is 338 g/mol. The van der Waals surface area contributed by atoms with Crippen molar-refractivity contribution in [1.82, 2.24) is 15.3 Å². The zero-order valence-electron chi connectivity index (χ0n) is 14.2. The lowest BCUT2D eigenvalue weighted by molar-refractivity contribution is -0.131. The Kier molecular flexibility index (Phi) is 5.09. The Hall–Kier alpha value is -2.73. The van der Waals surface area contributed by atoms with E-state index in [9.17, 15) is 4.79 Å². The zero-order chi connectivity index (χ0) is 17.7. The number of hydrogen-bond donors (Lipinski definition) is 3. The molecular formula is C19H22N4O2. The van der Waals surface area contributed by atoms with Gasteiger partial charge in [-0.25, -0.2) is 14.8 Å². The molecule has 0 unspecified atom stereocenters. The van der Waals surface area contributed by atoms with E-state index < -0.39 is 5.97 Å². The van der Waals surface area contributed by atoms with Gasteiger partial charge in [0.1, 0.15) is 5.82 Å². The standard InChI is InChI=1S/C19H22N4O2/c1-14-18(21-12-16(22-14)7-8-17(24)25)23-19(9-10-20-13-19)11-15-5-3-2-4-6-15/h2-8,12,20H,9-11,13H2,1H3,(H,21,23)(H,24,25)/b8-7+/t19-/m0/s1. The third-order valence-electron chi connectivity index (χ3n) is 4.37. The van der Waals surface area contributed by atoms with Crippen molar-refractivity contribution in [3.8, 4) is 0 Å². The van der Waals surface area contributed by atoms with Crippen LogP contribution in [0.3, 0.4) is 0 Å². The molecule has 0 spiro atoms. The van der Waals surface area contributed by atoms with Crippen molar-refractivity contribution in [2.45, 2.75) is 25.3 Å². The Labute approximate surface area is 147 Å². The molecule has 1 aromatic carbocycles. The van der Waals surface area contributed by atoms with Crippen LogP contribution in [0.4, 0.5) is 5.82 Å². The number of anilines is 1. The summed E-state index contributed by atoms with van der Waals surface area (Å²) in [5.74, 6) is -0.257. The average Bonchev–Trinajstić information content (AvgIpc) is 3.04. The largest absolute Gasteiger partial charge is 0.478 e. The van der Waals surface area contributed by atoms with Gasteiger partial charge in [0.05, 0.1) is 23.1 Å². The molecule has 25 heavy (non-hydrogen) atoms. The summed E-state index contributed by atoms with van der Waals surface area (Å²) in [6.07, 6.45) is 6.01. The summed E-state index contributed by atoms with van der Waals surface area (Å²) < 4.78 is 0. The van der Waals surface area contributed by atoms with Gasteiger partial charge in [-0.05, 0) is 37.9 Å². The van der Waals surface area contributed by atoms with Gasteiger partial charge in [0.2, 0.25) is 0 Å². The maximum atomic E-state index is 10.6. The van der Waals surface area contributed by atoms with Gasteiger partial charge in [0.25, 0.3) is 0 Å². The number of aryl methyl sites for hydroxylation is 1. The monoisotopic (exact) mass is 338 g/mol. The summed E-state index contributed by atoms with van der Waals surface area (Å²) in [6.45, 7) is 3.71. The van der Waals surface area contributed by atoms with Crippen molar-refractivity contribution in [2.75, 3.05) is 18.4 Å². The number of benzene rings is 1. The van der Waals surface area contributed by atoms with Crippen molar-refractivity contribution in [1.29, 1.82) is 0 Å². The van der Waals surface area contributed by atoms with Crippen LogP contribution in [0.25, 0.3) is 6.08 Å². The van der Waals surface area contributed by atoms with Gasteiger partial charge in [-0.3, -0.25) is 0 Å². The van der Waals surface area contributed by atoms with E-state index in [4.69, 9.17) is 5.11 Å². The molecule has 0 bridgehead atoms. The molecule has 0 radical (unpaired) electrons. The summed E-state index contributed by atoms with van der Waals surface area (Å²) in [4.78, 5) is 19.5. The molecule has 130 valence electrons. The fourth-order valence-electron chi connectivity index (χ4n) is 3.14. The molecule has 1 saturated heterocycles. The first-order chi connectivity index (χ1) is 12.1. The smallest absolute Gasteiger partial charge is 0.328 e. The van der Waals surface area contributed by atoms with Crippen LogP contribution >= 0.6 is 0 Å². The molecule has 3 rings (SSSR count). The topological polar surface area (TPSA) is 87.1 Å². The van der Waals surface area contributed by atoms with Gasteiger partial charge < -0.3 is 15.7 Å². The minimum atomic E-state index is -1.000. The van der Waals surface area contributed by atoms with Crippen molar-refractivity contribution >= 4 is 17.9 Å². The van der Waals surface area contributed by atoms with Gasteiger partial charge in [-0.15, -0.1) is 0 Å². The molecule has 2 heterocycles. The number of carbonyl (C=O) groups is 1. The summed E-state index contributed by atoms with van der Waals surface area (Å²) in [5.41, 5.74) is 2.48. The van der Waals surface area contributed by atoms with Gasteiger partial charge in [0, 0.05) is 12.6 Å². The van der Waals surface area contributed by atoms with Gasteiger partial charge in [0.15, 0.2) is 0 Å².